The first-order chi connectivity index (χ1) is 17.4. The van der Waals surface area contributed by atoms with Crippen molar-refractivity contribution >= 4 is 45.8 Å². The number of halogens is 1. The highest BCUT2D eigenvalue weighted by atomic mass is 35.5. The third-order valence-corrected chi connectivity index (χ3v) is 9.90. The first-order valence-electron chi connectivity index (χ1n) is 12.6. The Morgan fingerprint density at radius 2 is 2.08 bits per heavy atom. The van der Waals surface area contributed by atoms with Gasteiger partial charge < -0.3 is 19.6 Å². The first kappa shape index (κ1) is 26.2. The number of hydrogen-bond acceptors (Lipinski definition) is 9. The Kier molecular flexibility index (Phi) is 8.07. The van der Waals surface area contributed by atoms with Crippen molar-refractivity contribution in [1.29, 1.82) is 0 Å². The van der Waals surface area contributed by atoms with Crippen LogP contribution < -0.4 is 9.80 Å². The van der Waals surface area contributed by atoms with E-state index in [1.54, 1.807) is 18.6 Å². The summed E-state index contributed by atoms with van der Waals surface area (Å²) in [6, 6.07) is 2.06. The van der Waals surface area contributed by atoms with Crippen LogP contribution in [0.5, 0.6) is 0 Å². The van der Waals surface area contributed by atoms with Gasteiger partial charge in [0.25, 0.3) is 0 Å². The van der Waals surface area contributed by atoms with Gasteiger partial charge in [0.1, 0.15) is 16.5 Å². The lowest BCUT2D eigenvalue weighted by Gasteiger charge is -2.39. The number of anilines is 2. The maximum atomic E-state index is 11.8. The predicted octanol–water partition coefficient (Wildman–Crippen LogP) is 3.91. The van der Waals surface area contributed by atoms with Crippen molar-refractivity contribution in [3.63, 3.8) is 0 Å². The molecule has 3 atom stereocenters. The maximum Gasteiger partial charge on any atom is 0.152 e. The van der Waals surface area contributed by atoms with Crippen LogP contribution in [0, 0.1) is 5.41 Å². The summed E-state index contributed by atoms with van der Waals surface area (Å²) >= 11 is 8.24. The molecule has 36 heavy (non-hydrogen) atoms. The molecule has 0 bridgehead atoms. The van der Waals surface area contributed by atoms with Crippen LogP contribution in [0.15, 0.2) is 28.4 Å². The van der Waals surface area contributed by atoms with E-state index in [0.717, 1.165) is 74.9 Å². The Morgan fingerprint density at radius 3 is 2.78 bits per heavy atom. The Morgan fingerprint density at radius 1 is 1.28 bits per heavy atom. The van der Waals surface area contributed by atoms with Gasteiger partial charge in [-0.2, -0.15) is 0 Å². The molecule has 2 unspecified atom stereocenters. The molecule has 0 aliphatic carbocycles. The molecule has 196 valence electrons. The summed E-state index contributed by atoms with van der Waals surface area (Å²) in [5.74, 6) is 2.11. The summed E-state index contributed by atoms with van der Waals surface area (Å²) in [7, 11) is -0.876. The Labute approximate surface area is 224 Å². The van der Waals surface area contributed by atoms with Crippen LogP contribution in [-0.2, 0) is 22.1 Å². The van der Waals surface area contributed by atoms with E-state index in [1.165, 1.54) is 11.8 Å². The molecule has 5 rings (SSSR count). The van der Waals surface area contributed by atoms with Gasteiger partial charge in [0.05, 0.1) is 30.5 Å². The summed E-state index contributed by atoms with van der Waals surface area (Å²) in [6.07, 6.45) is 10.9. The van der Waals surface area contributed by atoms with Gasteiger partial charge in [-0.15, -0.1) is 0 Å². The molecule has 11 heteroatoms. The van der Waals surface area contributed by atoms with E-state index in [4.69, 9.17) is 26.3 Å². The third kappa shape index (κ3) is 5.53. The molecule has 5 heterocycles. The molecular weight excluding hydrogens is 518 g/mol. The molecule has 3 fully saturated rings. The fourth-order valence-corrected chi connectivity index (χ4v) is 7.80. The number of aliphatic hydroxyl groups is 1. The molecule has 0 saturated carbocycles. The van der Waals surface area contributed by atoms with Gasteiger partial charge in [-0.25, -0.2) is 15.0 Å². The second-order valence-corrected chi connectivity index (χ2v) is 13.1. The maximum absolute atomic E-state index is 11.8. The highest BCUT2D eigenvalue weighted by Gasteiger charge is 2.41. The fraction of sp³-hybridized carbons (Fsp3) is 0.640. The van der Waals surface area contributed by atoms with Crippen molar-refractivity contribution < 1.29 is 14.1 Å². The molecule has 0 amide bonds. The highest BCUT2D eigenvalue weighted by molar-refractivity contribution is 7.99. The van der Waals surface area contributed by atoms with E-state index in [0.29, 0.717) is 27.6 Å². The van der Waals surface area contributed by atoms with Crippen LogP contribution in [-0.4, -0.2) is 74.7 Å². The average molecular weight is 552 g/mol. The highest BCUT2D eigenvalue weighted by Crippen LogP contribution is 2.43. The standard InChI is InChI=1S/C25H34ClN5O3S2/c1-17-12-25(16-34-17)6-10-30(11-7-25)23-19(14-32)29-21(13-28-23)35-20-5-8-27-24(22(20)26)31-9-3-4-18(31)15-36(2)33/h5,8,13,17-18,32H,3-4,6-7,9-12,14-16H2,1-2H3/t17-,18?,36?/m0/s1. The molecule has 3 aliphatic rings. The number of ether oxygens (including phenoxy) is 1. The molecule has 3 saturated heterocycles. The van der Waals surface area contributed by atoms with Crippen molar-refractivity contribution in [3.8, 4) is 0 Å². The second kappa shape index (κ2) is 11.1. The summed E-state index contributed by atoms with van der Waals surface area (Å²) in [4.78, 5) is 19.3. The lowest BCUT2D eigenvalue weighted by atomic mass is 9.77. The number of aliphatic hydroxyl groups excluding tert-OH is 1. The number of aromatic nitrogens is 3. The zero-order valence-electron chi connectivity index (χ0n) is 20.9. The zero-order chi connectivity index (χ0) is 25.3. The minimum absolute atomic E-state index is 0.169. The number of nitrogens with zero attached hydrogens (tertiary/aromatic N) is 5. The number of hydrogen-bond donors (Lipinski definition) is 1. The van der Waals surface area contributed by atoms with E-state index in [-0.39, 0.29) is 18.1 Å². The molecule has 1 spiro atoms. The summed E-state index contributed by atoms with van der Waals surface area (Å²) in [5, 5.41) is 11.3. The van der Waals surface area contributed by atoms with Crippen LogP contribution in [0.3, 0.4) is 0 Å². The predicted molar refractivity (Wildman–Crippen MR) is 145 cm³/mol. The lowest BCUT2D eigenvalue weighted by molar-refractivity contribution is 0.0975. The molecule has 8 nitrogen and oxygen atoms in total. The van der Waals surface area contributed by atoms with Crippen molar-refractivity contribution in [2.45, 2.75) is 67.7 Å². The smallest absolute Gasteiger partial charge is 0.152 e. The van der Waals surface area contributed by atoms with Gasteiger partial charge in [-0.05, 0) is 50.5 Å². The van der Waals surface area contributed by atoms with Gasteiger partial charge >= 0.3 is 0 Å². The monoisotopic (exact) mass is 551 g/mol. The normalized spacial score (nSPS) is 24.6. The van der Waals surface area contributed by atoms with Crippen molar-refractivity contribution in [3.05, 3.63) is 29.2 Å². The largest absolute Gasteiger partial charge is 0.390 e. The van der Waals surface area contributed by atoms with Crippen LogP contribution in [0.1, 0.15) is 44.7 Å². The van der Waals surface area contributed by atoms with E-state index < -0.39 is 10.8 Å². The van der Waals surface area contributed by atoms with E-state index >= 15 is 0 Å². The van der Waals surface area contributed by atoms with Crippen molar-refractivity contribution in [1.82, 2.24) is 15.0 Å². The minimum Gasteiger partial charge on any atom is -0.390 e. The van der Waals surface area contributed by atoms with E-state index in [2.05, 4.69) is 21.7 Å². The summed E-state index contributed by atoms with van der Waals surface area (Å²) < 4.78 is 17.7. The molecule has 2 aromatic rings. The van der Waals surface area contributed by atoms with Crippen LogP contribution >= 0.6 is 23.4 Å². The van der Waals surface area contributed by atoms with Crippen LogP contribution in [0.25, 0.3) is 0 Å². The quantitative estimate of drug-likeness (QED) is 0.549. The molecule has 1 N–H and O–H groups in total. The van der Waals surface area contributed by atoms with Gasteiger partial charge in [0.2, 0.25) is 0 Å². The van der Waals surface area contributed by atoms with Crippen molar-refractivity contribution in [2.75, 3.05) is 48.0 Å². The molecule has 3 aliphatic heterocycles. The zero-order valence-corrected chi connectivity index (χ0v) is 23.2. The number of pyridine rings is 1. The second-order valence-electron chi connectivity index (χ2n) is 10.2. The number of piperidine rings is 1. The van der Waals surface area contributed by atoms with Crippen molar-refractivity contribution in [2.24, 2.45) is 5.41 Å². The Hall–Kier alpha value is -1.46. The van der Waals surface area contributed by atoms with E-state index in [1.807, 2.05) is 6.07 Å². The molecule has 0 aromatic carbocycles. The molecule has 2 aromatic heterocycles. The fourth-order valence-electron chi connectivity index (χ4n) is 5.78. The van der Waals surface area contributed by atoms with Gasteiger partial charge in [-0.3, -0.25) is 4.21 Å². The summed E-state index contributed by atoms with van der Waals surface area (Å²) in [6.45, 7) is 5.47. The molecular formula is C25H34ClN5O3S2. The van der Waals surface area contributed by atoms with Crippen LogP contribution in [0.2, 0.25) is 5.02 Å². The summed E-state index contributed by atoms with van der Waals surface area (Å²) in [5.41, 5.74) is 0.872. The van der Waals surface area contributed by atoms with Gasteiger partial charge in [-0.1, -0.05) is 23.4 Å². The SMILES string of the molecule is C[C@H]1CC2(CCN(c3ncc(Sc4ccnc(N5CCCC5CS(C)=O)c4Cl)nc3CO)CC2)CO1. The topological polar surface area (TPSA) is 91.7 Å². The van der Waals surface area contributed by atoms with Gasteiger partial charge in [0, 0.05) is 59.6 Å². The average Bonchev–Trinajstić information content (AvgIpc) is 3.47. The number of rotatable bonds is 7. The van der Waals surface area contributed by atoms with Gasteiger partial charge in [0.15, 0.2) is 5.82 Å². The minimum atomic E-state index is -0.876. The lowest BCUT2D eigenvalue weighted by Crippen LogP contribution is -2.41. The first-order valence-corrected chi connectivity index (χ1v) is 15.5. The van der Waals surface area contributed by atoms with E-state index in [9.17, 15) is 9.32 Å². The van der Waals surface area contributed by atoms with Crippen LogP contribution in [0.4, 0.5) is 11.6 Å². The molecule has 0 radical (unpaired) electrons. The Balaban J connectivity index is 1.31. The Bertz CT molecular complexity index is 1120. The third-order valence-electron chi connectivity index (χ3n) is 7.59.